The SMILES string of the molecule is COc1ccc(CC(C)NC(=O)OC(C)(C)C)c(F)c1. The topological polar surface area (TPSA) is 47.6 Å². The summed E-state index contributed by atoms with van der Waals surface area (Å²) in [5.74, 6) is 0.126. The van der Waals surface area contributed by atoms with E-state index in [0.29, 0.717) is 17.7 Å². The second-order valence-corrected chi connectivity index (χ2v) is 5.71. The largest absolute Gasteiger partial charge is 0.497 e. The average Bonchev–Trinajstić information content (AvgIpc) is 2.28. The van der Waals surface area contributed by atoms with E-state index in [0.717, 1.165) is 0 Å². The lowest BCUT2D eigenvalue weighted by molar-refractivity contribution is 0.0508. The highest BCUT2D eigenvalue weighted by Gasteiger charge is 2.18. The van der Waals surface area contributed by atoms with Crippen molar-refractivity contribution in [2.75, 3.05) is 7.11 Å². The minimum absolute atomic E-state index is 0.229. The Bertz CT molecular complexity index is 469. The molecule has 112 valence electrons. The highest BCUT2D eigenvalue weighted by atomic mass is 19.1. The molecule has 4 nitrogen and oxygen atoms in total. The first kappa shape index (κ1) is 16.3. The van der Waals surface area contributed by atoms with E-state index in [2.05, 4.69) is 5.32 Å². The summed E-state index contributed by atoms with van der Waals surface area (Å²) in [6.07, 6.45) is -0.117. The molecule has 0 aromatic heterocycles. The van der Waals surface area contributed by atoms with E-state index in [1.807, 2.05) is 0 Å². The maximum Gasteiger partial charge on any atom is 0.407 e. The molecule has 1 aromatic rings. The van der Waals surface area contributed by atoms with Gasteiger partial charge in [-0.3, -0.25) is 0 Å². The summed E-state index contributed by atoms with van der Waals surface area (Å²) in [4.78, 5) is 11.6. The minimum atomic E-state index is -0.546. The highest BCUT2D eigenvalue weighted by Crippen LogP contribution is 2.17. The number of benzene rings is 1. The van der Waals surface area contributed by atoms with Crippen molar-refractivity contribution in [2.45, 2.75) is 45.8 Å². The minimum Gasteiger partial charge on any atom is -0.497 e. The molecule has 5 heteroatoms. The van der Waals surface area contributed by atoms with Crippen molar-refractivity contribution < 1.29 is 18.7 Å². The van der Waals surface area contributed by atoms with Crippen molar-refractivity contribution in [3.05, 3.63) is 29.6 Å². The summed E-state index contributed by atoms with van der Waals surface area (Å²) in [6, 6.07) is 4.45. The number of carbonyl (C=O) groups is 1. The fraction of sp³-hybridized carbons (Fsp3) is 0.533. The summed E-state index contributed by atoms with van der Waals surface area (Å²) >= 11 is 0. The Balaban J connectivity index is 2.58. The van der Waals surface area contributed by atoms with Crippen LogP contribution in [0.15, 0.2) is 18.2 Å². The number of amides is 1. The molecule has 0 saturated carbocycles. The number of nitrogens with one attached hydrogen (secondary N) is 1. The third-order valence-electron chi connectivity index (χ3n) is 2.55. The number of hydrogen-bond donors (Lipinski definition) is 1. The van der Waals surface area contributed by atoms with Gasteiger partial charge in [-0.2, -0.15) is 0 Å². The Labute approximate surface area is 119 Å². The molecule has 1 aromatic carbocycles. The highest BCUT2D eigenvalue weighted by molar-refractivity contribution is 5.68. The molecule has 0 radical (unpaired) electrons. The van der Waals surface area contributed by atoms with Gasteiger partial charge in [0, 0.05) is 12.1 Å². The van der Waals surface area contributed by atoms with E-state index in [1.54, 1.807) is 39.8 Å². The molecule has 0 aliphatic carbocycles. The zero-order valence-corrected chi connectivity index (χ0v) is 12.6. The lowest BCUT2D eigenvalue weighted by Crippen LogP contribution is -2.38. The summed E-state index contributed by atoms with van der Waals surface area (Å²) in [7, 11) is 1.49. The van der Waals surface area contributed by atoms with Crippen molar-refractivity contribution in [1.82, 2.24) is 5.32 Å². The molecule has 0 saturated heterocycles. The van der Waals surface area contributed by atoms with Gasteiger partial charge in [0.25, 0.3) is 0 Å². The molecule has 1 atom stereocenters. The Morgan fingerprint density at radius 3 is 2.55 bits per heavy atom. The van der Waals surface area contributed by atoms with E-state index < -0.39 is 11.7 Å². The van der Waals surface area contributed by atoms with Gasteiger partial charge in [0.2, 0.25) is 0 Å². The van der Waals surface area contributed by atoms with Crippen molar-refractivity contribution in [3.63, 3.8) is 0 Å². The smallest absolute Gasteiger partial charge is 0.407 e. The van der Waals surface area contributed by atoms with Gasteiger partial charge in [-0.25, -0.2) is 9.18 Å². The van der Waals surface area contributed by atoms with Crippen LogP contribution in [0.3, 0.4) is 0 Å². The molecule has 0 heterocycles. The van der Waals surface area contributed by atoms with Crippen molar-refractivity contribution >= 4 is 6.09 Å². The summed E-state index contributed by atoms with van der Waals surface area (Å²) < 4.78 is 23.9. The molecule has 0 bridgehead atoms. The van der Waals surface area contributed by atoms with Crippen LogP contribution in [0.5, 0.6) is 5.75 Å². The fourth-order valence-corrected chi connectivity index (χ4v) is 1.71. The number of halogens is 1. The predicted molar refractivity (Wildman–Crippen MR) is 75.5 cm³/mol. The van der Waals surface area contributed by atoms with E-state index in [-0.39, 0.29) is 11.9 Å². The number of rotatable bonds is 4. The number of ether oxygens (including phenoxy) is 2. The van der Waals surface area contributed by atoms with Crippen LogP contribution in [0.4, 0.5) is 9.18 Å². The first-order chi connectivity index (χ1) is 9.21. The number of hydrogen-bond acceptors (Lipinski definition) is 3. The third-order valence-corrected chi connectivity index (χ3v) is 2.55. The van der Waals surface area contributed by atoms with E-state index >= 15 is 0 Å². The van der Waals surface area contributed by atoms with Crippen LogP contribution in [-0.4, -0.2) is 24.8 Å². The molecular weight excluding hydrogens is 261 g/mol. The maximum absolute atomic E-state index is 13.8. The van der Waals surface area contributed by atoms with Crippen LogP contribution in [0.1, 0.15) is 33.3 Å². The van der Waals surface area contributed by atoms with Crippen LogP contribution in [0, 0.1) is 5.82 Å². The molecule has 0 fully saturated rings. The second kappa shape index (κ2) is 6.59. The van der Waals surface area contributed by atoms with Crippen LogP contribution >= 0.6 is 0 Å². The lowest BCUT2D eigenvalue weighted by atomic mass is 10.1. The number of methoxy groups -OCH3 is 1. The monoisotopic (exact) mass is 283 g/mol. The van der Waals surface area contributed by atoms with Gasteiger partial charge in [0.1, 0.15) is 17.2 Å². The Kier molecular flexibility index (Phi) is 5.36. The Morgan fingerprint density at radius 1 is 1.40 bits per heavy atom. The van der Waals surface area contributed by atoms with Crippen LogP contribution in [-0.2, 0) is 11.2 Å². The number of alkyl carbamates (subject to hydrolysis) is 1. The Hall–Kier alpha value is -1.78. The van der Waals surface area contributed by atoms with Crippen LogP contribution < -0.4 is 10.1 Å². The van der Waals surface area contributed by atoms with E-state index in [1.165, 1.54) is 13.2 Å². The first-order valence-electron chi connectivity index (χ1n) is 6.53. The third kappa shape index (κ3) is 5.47. The summed E-state index contributed by atoms with van der Waals surface area (Å²) in [6.45, 7) is 7.18. The maximum atomic E-state index is 13.8. The van der Waals surface area contributed by atoms with Gasteiger partial charge >= 0.3 is 6.09 Å². The van der Waals surface area contributed by atoms with Gasteiger partial charge < -0.3 is 14.8 Å². The molecule has 20 heavy (non-hydrogen) atoms. The number of carbonyl (C=O) groups excluding carboxylic acids is 1. The van der Waals surface area contributed by atoms with Crippen molar-refractivity contribution in [3.8, 4) is 5.75 Å². The molecule has 1 amide bonds. The van der Waals surface area contributed by atoms with Gasteiger partial charge in [0.15, 0.2) is 0 Å². The second-order valence-electron chi connectivity index (χ2n) is 5.71. The lowest BCUT2D eigenvalue weighted by Gasteiger charge is -2.22. The zero-order chi connectivity index (χ0) is 15.3. The zero-order valence-electron chi connectivity index (χ0n) is 12.6. The van der Waals surface area contributed by atoms with Crippen LogP contribution in [0.2, 0.25) is 0 Å². The quantitative estimate of drug-likeness (QED) is 0.922. The molecule has 1 N–H and O–H groups in total. The van der Waals surface area contributed by atoms with Gasteiger partial charge in [-0.05, 0) is 45.7 Å². The standard InChI is InChI=1S/C15H22FNO3/c1-10(17-14(18)20-15(2,3)4)8-11-6-7-12(19-5)9-13(11)16/h6-7,9-10H,8H2,1-5H3,(H,17,18). The fourth-order valence-electron chi connectivity index (χ4n) is 1.71. The summed E-state index contributed by atoms with van der Waals surface area (Å²) in [5, 5.41) is 2.68. The molecule has 0 aliphatic heterocycles. The van der Waals surface area contributed by atoms with Gasteiger partial charge in [-0.1, -0.05) is 6.07 Å². The predicted octanol–water partition coefficient (Wildman–Crippen LogP) is 3.29. The van der Waals surface area contributed by atoms with Crippen LogP contribution in [0.25, 0.3) is 0 Å². The molecular formula is C15H22FNO3. The molecule has 0 spiro atoms. The van der Waals surface area contributed by atoms with E-state index in [9.17, 15) is 9.18 Å². The first-order valence-corrected chi connectivity index (χ1v) is 6.53. The van der Waals surface area contributed by atoms with Gasteiger partial charge in [-0.15, -0.1) is 0 Å². The van der Waals surface area contributed by atoms with Crippen molar-refractivity contribution in [1.29, 1.82) is 0 Å². The van der Waals surface area contributed by atoms with Gasteiger partial charge in [0.05, 0.1) is 7.11 Å². The van der Waals surface area contributed by atoms with E-state index in [4.69, 9.17) is 9.47 Å². The summed E-state index contributed by atoms with van der Waals surface area (Å²) in [5.41, 5.74) is -0.0239. The average molecular weight is 283 g/mol. The van der Waals surface area contributed by atoms with Crippen molar-refractivity contribution in [2.24, 2.45) is 0 Å². The molecule has 1 rings (SSSR count). The normalized spacial score (nSPS) is 12.7. The molecule has 0 aliphatic rings. The molecule has 1 unspecified atom stereocenters. The Morgan fingerprint density at radius 2 is 2.05 bits per heavy atom.